The second-order valence-electron chi connectivity index (χ2n) is 2.63. The van der Waals surface area contributed by atoms with E-state index in [1.807, 2.05) is 26.0 Å². The number of rotatable bonds is 2. The molecule has 2 nitrogen and oxygen atoms in total. The molecule has 0 heterocycles. The van der Waals surface area contributed by atoms with Crippen LogP contribution in [0.3, 0.4) is 0 Å². The summed E-state index contributed by atoms with van der Waals surface area (Å²) < 4.78 is 5.15. The van der Waals surface area contributed by atoms with Gasteiger partial charge in [0.05, 0.1) is 0 Å². The Morgan fingerprint density at radius 2 is 1.73 bits per heavy atom. The van der Waals surface area contributed by atoms with Crippen LogP contribution in [0.4, 0.5) is 0 Å². The van der Waals surface area contributed by atoms with Gasteiger partial charge in [0.1, 0.15) is 12.5 Å². The average molecular weight is 151 g/mol. The Bertz CT molecular complexity index is 225. The number of benzene rings is 1. The summed E-state index contributed by atoms with van der Waals surface area (Å²) >= 11 is 0. The van der Waals surface area contributed by atoms with Crippen molar-refractivity contribution in [3.63, 3.8) is 0 Å². The summed E-state index contributed by atoms with van der Waals surface area (Å²) in [7, 11) is 0. The van der Waals surface area contributed by atoms with E-state index in [0.29, 0.717) is 0 Å². The summed E-state index contributed by atoms with van der Waals surface area (Å²) in [5, 5.41) is 0. The van der Waals surface area contributed by atoms with E-state index in [-0.39, 0.29) is 6.73 Å². The molecule has 60 valence electrons. The zero-order valence-electron chi connectivity index (χ0n) is 6.92. The molecule has 11 heavy (non-hydrogen) atoms. The van der Waals surface area contributed by atoms with Crippen molar-refractivity contribution in [1.82, 2.24) is 0 Å². The third kappa shape index (κ3) is 2.24. The summed E-state index contributed by atoms with van der Waals surface area (Å²) in [5.41, 5.74) is 7.64. The Morgan fingerprint density at radius 3 is 2.18 bits per heavy atom. The van der Waals surface area contributed by atoms with Gasteiger partial charge in [-0.25, -0.2) is 0 Å². The second kappa shape index (κ2) is 3.39. The van der Waals surface area contributed by atoms with Crippen molar-refractivity contribution in [2.45, 2.75) is 13.8 Å². The monoisotopic (exact) mass is 151 g/mol. The van der Waals surface area contributed by atoms with Crippen molar-refractivity contribution in [3.05, 3.63) is 29.3 Å². The number of hydrogen-bond acceptors (Lipinski definition) is 2. The molecule has 0 aliphatic rings. The lowest BCUT2D eigenvalue weighted by Gasteiger charge is -2.04. The molecule has 1 aromatic rings. The van der Waals surface area contributed by atoms with Gasteiger partial charge in [-0.3, -0.25) is 5.73 Å². The van der Waals surface area contributed by atoms with E-state index >= 15 is 0 Å². The maximum Gasteiger partial charge on any atom is 0.137 e. The molecule has 0 aromatic heterocycles. The Hall–Kier alpha value is -1.02. The van der Waals surface area contributed by atoms with Crippen LogP contribution < -0.4 is 10.5 Å². The van der Waals surface area contributed by atoms with Gasteiger partial charge in [-0.1, -0.05) is 6.07 Å². The first-order valence-corrected chi connectivity index (χ1v) is 3.63. The average Bonchev–Trinajstić information content (AvgIpc) is 1.85. The summed E-state index contributed by atoms with van der Waals surface area (Å²) in [6.45, 7) is 4.32. The standard InChI is InChI=1S/C9H13NO/c1-7-3-8(2)5-9(4-7)11-6-10/h3-5H,6,10H2,1-2H3. The second-order valence-corrected chi connectivity index (χ2v) is 2.63. The van der Waals surface area contributed by atoms with Crippen molar-refractivity contribution in [3.8, 4) is 5.75 Å². The number of hydrogen-bond donors (Lipinski definition) is 1. The van der Waals surface area contributed by atoms with Gasteiger partial charge in [-0.05, 0) is 37.1 Å². The SMILES string of the molecule is Cc1cc(C)cc(OCN)c1. The molecule has 2 N–H and O–H groups in total. The Labute approximate surface area is 67.0 Å². The van der Waals surface area contributed by atoms with Crippen molar-refractivity contribution in [2.75, 3.05) is 6.73 Å². The minimum Gasteiger partial charge on any atom is -0.479 e. The van der Waals surface area contributed by atoms with Crippen LogP contribution in [0.1, 0.15) is 11.1 Å². The molecule has 0 atom stereocenters. The molecule has 0 aliphatic heterocycles. The van der Waals surface area contributed by atoms with Crippen molar-refractivity contribution in [1.29, 1.82) is 0 Å². The largest absolute Gasteiger partial charge is 0.479 e. The molecular formula is C9H13NO. The van der Waals surface area contributed by atoms with E-state index in [4.69, 9.17) is 10.5 Å². The predicted octanol–water partition coefficient (Wildman–Crippen LogP) is 1.60. The summed E-state index contributed by atoms with van der Waals surface area (Å²) in [6, 6.07) is 6.04. The zero-order valence-corrected chi connectivity index (χ0v) is 6.92. The molecule has 0 saturated heterocycles. The summed E-state index contributed by atoms with van der Waals surface area (Å²) in [6.07, 6.45) is 0. The quantitative estimate of drug-likeness (QED) is 0.651. The van der Waals surface area contributed by atoms with Gasteiger partial charge in [0.15, 0.2) is 0 Å². The van der Waals surface area contributed by atoms with Crippen molar-refractivity contribution < 1.29 is 4.74 Å². The van der Waals surface area contributed by atoms with Gasteiger partial charge in [-0.2, -0.15) is 0 Å². The van der Waals surface area contributed by atoms with Crippen LogP contribution in [0.5, 0.6) is 5.75 Å². The van der Waals surface area contributed by atoms with Gasteiger partial charge >= 0.3 is 0 Å². The lowest BCUT2D eigenvalue weighted by molar-refractivity contribution is 0.329. The fraction of sp³-hybridized carbons (Fsp3) is 0.333. The van der Waals surface area contributed by atoms with E-state index in [1.165, 1.54) is 11.1 Å². The Morgan fingerprint density at radius 1 is 1.18 bits per heavy atom. The van der Waals surface area contributed by atoms with Crippen molar-refractivity contribution >= 4 is 0 Å². The highest BCUT2D eigenvalue weighted by molar-refractivity contribution is 5.32. The molecular weight excluding hydrogens is 138 g/mol. The Balaban J connectivity index is 2.89. The lowest BCUT2D eigenvalue weighted by Crippen LogP contribution is -2.07. The molecule has 0 unspecified atom stereocenters. The van der Waals surface area contributed by atoms with Crippen LogP contribution in [0.25, 0.3) is 0 Å². The van der Waals surface area contributed by atoms with Crippen LogP contribution in [0.2, 0.25) is 0 Å². The molecule has 0 bridgehead atoms. The van der Waals surface area contributed by atoms with Crippen LogP contribution in [-0.4, -0.2) is 6.73 Å². The molecule has 0 saturated carbocycles. The van der Waals surface area contributed by atoms with Gasteiger partial charge < -0.3 is 4.74 Å². The predicted molar refractivity (Wildman–Crippen MR) is 45.6 cm³/mol. The lowest BCUT2D eigenvalue weighted by atomic mass is 10.1. The third-order valence-electron chi connectivity index (χ3n) is 1.45. The summed E-state index contributed by atoms with van der Waals surface area (Å²) in [4.78, 5) is 0. The molecule has 0 fully saturated rings. The molecule has 0 radical (unpaired) electrons. The number of nitrogens with two attached hydrogens (primary N) is 1. The highest BCUT2D eigenvalue weighted by Gasteiger charge is 1.93. The van der Waals surface area contributed by atoms with E-state index in [2.05, 4.69) is 6.07 Å². The fourth-order valence-electron chi connectivity index (χ4n) is 1.11. The molecule has 0 amide bonds. The maximum absolute atomic E-state index is 5.24. The third-order valence-corrected chi connectivity index (χ3v) is 1.45. The molecule has 1 rings (SSSR count). The van der Waals surface area contributed by atoms with Gasteiger partial charge in [0, 0.05) is 0 Å². The van der Waals surface area contributed by atoms with Crippen LogP contribution in [-0.2, 0) is 0 Å². The molecule has 1 aromatic carbocycles. The minimum atomic E-state index is 0.239. The van der Waals surface area contributed by atoms with E-state index in [0.717, 1.165) is 5.75 Å². The molecule has 2 heteroatoms. The smallest absolute Gasteiger partial charge is 0.137 e. The summed E-state index contributed by atoms with van der Waals surface area (Å²) in [5.74, 6) is 0.852. The highest BCUT2D eigenvalue weighted by Crippen LogP contribution is 2.15. The normalized spacial score (nSPS) is 9.73. The van der Waals surface area contributed by atoms with E-state index in [9.17, 15) is 0 Å². The number of aryl methyl sites for hydroxylation is 2. The first kappa shape index (κ1) is 8.08. The van der Waals surface area contributed by atoms with Gasteiger partial charge in [0.25, 0.3) is 0 Å². The zero-order chi connectivity index (χ0) is 8.27. The van der Waals surface area contributed by atoms with Gasteiger partial charge in [-0.15, -0.1) is 0 Å². The molecule has 0 spiro atoms. The topological polar surface area (TPSA) is 35.2 Å². The fourth-order valence-corrected chi connectivity index (χ4v) is 1.11. The van der Waals surface area contributed by atoms with E-state index in [1.54, 1.807) is 0 Å². The first-order chi connectivity index (χ1) is 5.22. The van der Waals surface area contributed by atoms with Crippen molar-refractivity contribution in [2.24, 2.45) is 5.73 Å². The van der Waals surface area contributed by atoms with E-state index < -0.39 is 0 Å². The van der Waals surface area contributed by atoms with Gasteiger partial charge in [0.2, 0.25) is 0 Å². The van der Waals surface area contributed by atoms with Crippen LogP contribution in [0.15, 0.2) is 18.2 Å². The Kier molecular flexibility index (Phi) is 2.49. The minimum absolute atomic E-state index is 0.239. The first-order valence-electron chi connectivity index (χ1n) is 3.63. The highest BCUT2D eigenvalue weighted by atomic mass is 16.5. The number of ether oxygens (including phenoxy) is 1. The maximum atomic E-state index is 5.24. The molecule has 0 aliphatic carbocycles. The van der Waals surface area contributed by atoms with Crippen LogP contribution >= 0.6 is 0 Å². The van der Waals surface area contributed by atoms with Crippen LogP contribution in [0, 0.1) is 13.8 Å².